The number of phenols is 1. The van der Waals surface area contributed by atoms with E-state index in [1.54, 1.807) is 0 Å². The molecule has 0 saturated carbocycles. The van der Waals surface area contributed by atoms with E-state index >= 15 is 0 Å². The van der Waals surface area contributed by atoms with Crippen molar-refractivity contribution in [2.24, 2.45) is 17.8 Å². The van der Waals surface area contributed by atoms with Crippen LogP contribution in [0.2, 0.25) is 0 Å². The van der Waals surface area contributed by atoms with E-state index in [0.29, 0.717) is 5.75 Å². The first kappa shape index (κ1) is 34.0. The van der Waals surface area contributed by atoms with Gasteiger partial charge in [0.25, 0.3) is 0 Å². The van der Waals surface area contributed by atoms with E-state index in [9.17, 15) is 5.11 Å². The van der Waals surface area contributed by atoms with Crippen LogP contribution in [0, 0.1) is 17.8 Å². The van der Waals surface area contributed by atoms with Crippen molar-refractivity contribution in [3.8, 4) is 5.75 Å². The Balaban J connectivity index is 2.61. The van der Waals surface area contributed by atoms with Crippen LogP contribution in [0.4, 0.5) is 0 Å². The van der Waals surface area contributed by atoms with E-state index < -0.39 is 0 Å². The van der Waals surface area contributed by atoms with Crippen molar-refractivity contribution in [1.82, 2.24) is 0 Å². The van der Waals surface area contributed by atoms with Crippen LogP contribution in [0.3, 0.4) is 0 Å². The van der Waals surface area contributed by atoms with E-state index in [1.807, 2.05) is 6.07 Å². The molecule has 1 aromatic carbocycles. The molecule has 1 aromatic rings. The van der Waals surface area contributed by atoms with Crippen molar-refractivity contribution >= 4 is 0 Å². The van der Waals surface area contributed by atoms with Gasteiger partial charge in [0.1, 0.15) is 5.75 Å². The highest BCUT2D eigenvalue weighted by Gasteiger charge is 2.13. The Labute approximate surface area is 233 Å². The number of hydrogen-bond acceptors (Lipinski definition) is 1. The number of aryl methyl sites for hydroxylation is 1. The molecule has 0 aliphatic rings. The van der Waals surface area contributed by atoms with Crippen molar-refractivity contribution in [1.29, 1.82) is 0 Å². The van der Waals surface area contributed by atoms with Gasteiger partial charge in [-0.2, -0.15) is 0 Å². The molecule has 0 heterocycles. The fraction of sp³-hybridized carbons (Fsp3) is 0.833. The number of benzene rings is 1. The average Bonchev–Trinajstić information content (AvgIpc) is 2.83. The Morgan fingerprint density at radius 3 is 1.22 bits per heavy atom. The smallest absolute Gasteiger partial charge is 0.119 e. The third-order valence-electron chi connectivity index (χ3n) is 8.15. The lowest BCUT2D eigenvalue weighted by atomic mass is 9.89. The summed E-state index contributed by atoms with van der Waals surface area (Å²) < 4.78 is 0. The predicted octanol–water partition coefficient (Wildman–Crippen LogP) is 12.0. The minimum Gasteiger partial charge on any atom is -0.508 e. The molecule has 0 aromatic heterocycles. The molecule has 37 heavy (non-hydrogen) atoms. The highest BCUT2D eigenvalue weighted by Crippen LogP contribution is 2.30. The molecule has 1 nitrogen and oxygen atoms in total. The van der Waals surface area contributed by atoms with Gasteiger partial charge >= 0.3 is 0 Å². The molecule has 0 saturated heterocycles. The zero-order chi connectivity index (χ0) is 27.3. The van der Waals surface area contributed by atoms with Crippen LogP contribution in [-0.4, -0.2) is 5.11 Å². The minimum absolute atomic E-state index is 0.559. The lowest BCUT2D eigenvalue weighted by molar-refractivity contribution is 0.462. The molecule has 0 spiro atoms. The topological polar surface area (TPSA) is 20.2 Å². The second kappa shape index (κ2) is 21.9. The summed E-state index contributed by atoms with van der Waals surface area (Å²) in [6.45, 7) is 14.0. The van der Waals surface area contributed by atoms with Gasteiger partial charge in [-0.3, -0.25) is 0 Å². The van der Waals surface area contributed by atoms with Crippen molar-refractivity contribution in [2.75, 3.05) is 0 Å². The number of unbranched alkanes of at least 4 members (excludes halogenated alkanes) is 12. The quantitative estimate of drug-likeness (QED) is 0.136. The number of rotatable bonds is 24. The zero-order valence-corrected chi connectivity index (χ0v) is 26.2. The molecule has 0 aliphatic carbocycles. The summed E-state index contributed by atoms with van der Waals surface area (Å²) in [4.78, 5) is 0. The monoisotopic (exact) mass is 515 g/mol. The Bertz CT molecular complexity index is 657. The molecule has 1 N–H and O–H groups in total. The lowest BCUT2D eigenvalue weighted by Crippen LogP contribution is -2.03. The maximum absolute atomic E-state index is 10.9. The molecule has 0 radical (unpaired) electrons. The van der Waals surface area contributed by atoms with Gasteiger partial charge < -0.3 is 5.11 Å². The van der Waals surface area contributed by atoms with Gasteiger partial charge in [-0.1, -0.05) is 144 Å². The summed E-state index contributed by atoms with van der Waals surface area (Å²) in [5, 5.41) is 10.9. The Morgan fingerprint density at radius 1 is 0.432 bits per heavy atom. The molecule has 0 bridgehead atoms. The van der Waals surface area contributed by atoms with Gasteiger partial charge in [0.05, 0.1) is 0 Å². The van der Waals surface area contributed by atoms with E-state index in [1.165, 1.54) is 139 Å². The molecular formula is C36H66O. The van der Waals surface area contributed by atoms with Gasteiger partial charge in [0.15, 0.2) is 0 Å². The van der Waals surface area contributed by atoms with Crippen LogP contribution < -0.4 is 0 Å². The predicted molar refractivity (Wildman–Crippen MR) is 167 cm³/mol. The van der Waals surface area contributed by atoms with E-state index in [-0.39, 0.29) is 0 Å². The molecule has 1 heteroatoms. The number of phenolic OH excluding ortho intramolecular Hbond substituents is 1. The zero-order valence-electron chi connectivity index (χ0n) is 26.2. The highest BCUT2D eigenvalue weighted by atomic mass is 16.3. The van der Waals surface area contributed by atoms with Crippen LogP contribution in [0.25, 0.3) is 0 Å². The molecule has 0 fully saturated rings. The summed E-state index contributed by atoms with van der Waals surface area (Å²) in [6.07, 6.45) is 27.6. The average molecular weight is 515 g/mol. The SMILES string of the molecule is CC(C)CCCCCCCc1ccc(O)c(CCCCCCCC(C)C)c1CCCCCCCC(C)C. The standard InChI is InChI=1S/C36H66O/c1-30(2)22-16-10-7-13-19-25-33-28-29-36(37)35(27-21-15-9-12-18-24-32(5)6)34(33)26-20-14-8-11-17-23-31(3)4/h28-32,37H,7-27H2,1-6H3. The van der Waals surface area contributed by atoms with Gasteiger partial charge in [0, 0.05) is 0 Å². The lowest BCUT2D eigenvalue weighted by Gasteiger charge is -2.17. The number of aromatic hydroxyl groups is 1. The summed E-state index contributed by atoms with van der Waals surface area (Å²) >= 11 is 0. The second-order valence-electron chi connectivity index (χ2n) is 13.3. The molecule has 1 rings (SSSR count). The van der Waals surface area contributed by atoms with Crippen LogP contribution in [0.1, 0.15) is 174 Å². The molecule has 0 amide bonds. The van der Waals surface area contributed by atoms with Gasteiger partial charge in [-0.25, -0.2) is 0 Å². The fourth-order valence-corrected chi connectivity index (χ4v) is 5.72. The Kier molecular flexibility index (Phi) is 20.2. The fourth-order valence-electron chi connectivity index (χ4n) is 5.72. The third kappa shape index (κ3) is 18.0. The molecule has 216 valence electrons. The normalized spacial score (nSPS) is 11.9. The third-order valence-corrected chi connectivity index (χ3v) is 8.15. The Morgan fingerprint density at radius 2 is 0.784 bits per heavy atom. The minimum atomic E-state index is 0.559. The van der Waals surface area contributed by atoms with Crippen LogP contribution in [-0.2, 0) is 19.3 Å². The van der Waals surface area contributed by atoms with Gasteiger partial charge in [-0.05, 0) is 79.0 Å². The van der Waals surface area contributed by atoms with Crippen molar-refractivity contribution in [2.45, 2.75) is 176 Å². The maximum atomic E-state index is 10.9. The molecule has 0 unspecified atom stereocenters. The first-order valence-corrected chi connectivity index (χ1v) is 16.6. The summed E-state index contributed by atoms with van der Waals surface area (Å²) in [7, 11) is 0. The van der Waals surface area contributed by atoms with Crippen LogP contribution in [0.15, 0.2) is 12.1 Å². The van der Waals surface area contributed by atoms with Crippen molar-refractivity contribution in [3.05, 3.63) is 28.8 Å². The van der Waals surface area contributed by atoms with Crippen molar-refractivity contribution in [3.63, 3.8) is 0 Å². The summed E-state index contributed by atoms with van der Waals surface area (Å²) in [6, 6.07) is 4.26. The van der Waals surface area contributed by atoms with Crippen LogP contribution >= 0.6 is 0 Å². The van der Waals surface area contributed by atoms with E-state index in [0.717, 1.165) is 30.6 Å². The first-order valence-electron chi connectivity index (χ1n) is 16.6. The van der Waals surface area contributed by atoms with E-state index in [4.69, 9.17) is 0 Å². The molecule has 0 aliphatic heterocycles. The largest absolute Gasteiger partial charge is 0.508 e. The highest BCUT2D eigenvalue weighted by molar-refractivity contribution is 5.45. The second-order valence-corrected chi connectivity index (χ2v) is 13.3. The summed E-state index contributed by atoms with van der Waals surface area (Å²) in [5.74, 6) is 3.07. The molecular weight excluding hydrogens is 448 g/mol. The molecule has 0 atom stereocenters. The first-order chi connectivity index (χ1) is 17.8. The van der Waals surface area contributed by atoms with E-state index in [2.05, 4.69) is 47.6 Å². The summed E-state index contributed by atoms with van der Waals surface area (Å²) in [5.41, 5.74) is 4.34. The number of hydrogen-bond donors (Lipinski definition) is 1. The Hall–Kier alpha value is -0.980. The maximum Gasteiger partial charge on any atom is 0.119 e. The van der Waals surface area contributed by atoms with Crippen LogP contribution in [0.5, 0.6) is 5.75 Å². The van der Waals surface area contributed by atoms with Crippen molar-refractivity contribution < 1.29 is 5.11 Å². The van der Waals surface area contributed by atoms with Gasteiger partial charge in [0.2, 0.25) is 0 Å². The van der Waals surface area contributed by atoms with Gasteiger partial charge in [-0.15, -0.1) is 0 Å².